The van der Waals surface area contributed by atoms with Gasteiger partial charge in [0, 0.05) is 10.7 Å². The van der Waals surface area contributed by atoms with Gasteiger partial charge in [-0.25, -0.2) is 9.37 Å². The zero-order valence-electron chi connectivity index (χ0n) is 8.65. The summed E-state index contributed by atoms with van der Waals surface area (Å²) >= 11 is 21.0. The summed E-state index contributed by atoms with van der Waals surface area (Å²) in [6.45, 7) is 0. The van der Waals surface area contributed by atoms with Crippen molar-refractivity contribution in [1.29, 1.82) is 0 Å². The Hall–Kier alpha value is -0.550. The summed E-state index contributed by atoms with van der Waals surface area (Å²) in [5.41, 5.74) is 0.358. The van der Waals surface area contributed by atoms with Gasteiger partial charge in [0.05, 0.1) is 20.8 Å². The summed E-state index contributed by atoms with van der Waals surface area (Å²) < 4.78 is 13.8. The molecule has 7 heteroatoms. The van der Waals surface area contributed by atoms with Crippen LogP contribution in [0.25, 0.3) is 0 Å². The molecule has 2 aromatic rings. The molecule has 18 heavy (non-hydrogen) atoms. The second-order valence-electron chi connectivity index (χ2n) is 3.35. The van der Waals surface area contributed by atoms with Crippen LogP contribution in [0.5, 0.6) is 0 Å². The molecule has 2 nitrogen and oxygen atoms in total. The molecule has 0 amide bonds. The number of rotatable bonds is 2. The van der Waals surface area contributed by atoms with Crippen molar-refractivity contribution in [2.75, 3.05) is 5.32 Å². The highest BCUT2D eigenvalue weighted by molar-refractivity contribution is 9.10. The van der Waals surface area contributed by atoms with Gasteiger partial charge >= 0.3 is 0 Å². The Morgan fingerprint density at radius 2 is 1.67 bits per heavy atom. The molecule has 1 aromatic carbocycles. The number of pyridine rings is 1. The lowest BCUT2D eigenvalue weighted by molar-refractivity contribution is 0.628. The third-order valence-electron chi connectivity index (χ3n) is 2.06. The molecule has 0 aliphatic carbocycles. The van der Waals surface area contributed by atoms with Crippen LogP contribution in [-0.2, 0) is 0 Å². The Labute approximate surface area is 126 Å². The van der Waals surface area contributed by atoms with Gasteiger partial charge in [0.2, 0.25) is 0 Å². The second-order valence-corrected chi connectivity index (χ2v) is 5.49. The van der Waals surface area contributed by atoms with E-state index in [1.807, 2.05) is 0 Å². The Morgan fingerprint density at radius 3 is 2.22 bits per heavy atom. The van der Waals surface area contributed by atoms with E-state index in [0.717, 1.165) is 16.6 Å². The van der Waals surface area contributed by atoms with Crippen molar-refractivity contribution in [2.24, 2.45) is 0 Å². The molecule has 0 atom stereocenters. The van der Waals surface area contributed by atoms with Crippen molar-refractivity contribution in [2.45, 2.75) is 0 Å². The molecule has 0 aliphatic heterocycles. The molecule has 0 unspecified atom stereocenters. The predicted octanol–water partition coefficient (Wildman–Crippen LogP) is 5.69. The van der Waals surface area contributed by atoms with E-state index in [1.165, 1.54) is 0 Å². The van der Waals surface area contributed by atoms with Crippen LogP contribution in [0, 0.1) is 5.82 Å². The SMILES string of the molecule is Fc1cc(Cl)c(Nc2ncc(Br)cc2Cl)c(Cl)c1. The average Bonchev–Trinajstić information content (AvgIpc) is 2.25. The third kappa shape index (κ3) is 3.06. The molecule has 1 aromatic heterocycles. The Kier molecular flexibility index (Phi) is 4.33. The fraction of sp³-hybridized carbons (Fsp3) is 0. The molecular formula is C11H5BrCl3FN2. The van der Waals surface area contributed by atoms with Crippen molar-refractivity contribution >= 4 is 62.2 Å². The summed E-state index contributed by atoms with van der Waals surface area (Å²) in [6, 6.07) is 3.98. The van der Waals surface area contributed by atoms with E-state index in [2.05, 4.69) is 26.2 Å². The quantitative estimate of drug-likeness (QED) is 0.735. The number of hydrogen-bond donors (Lipinski definition) is 1. The smallest absolute Gasteiger partial charge is 0.149 e. The fourth-order valence-electron chi connectivity index (χ4n) is 1.29. The monoisotopic (exact) mass is 368 g/mol. The van der Waals surface area contributed by atoms with Crippen molar-refractivity contribution in [1.82, 2.24) is 4.98 Å². The van der Waals surface area contributed by atoms with Gasteiger partial charge in [0.15, 0.2) is 0 Å². The molecule has 0 saturated heterocycles. The average molecular weight is 370 g/mol. The van der Waals surface area contributed by atoms with Crippen molar-refractivity contribution < 1.29 is 4.39 Å². The van der Waals surface area contributed by atoms with E-state index >= 15 is 0 Å². The van der Waals surface area contributed by atoms with Gasteiger partial charge in [-0.15, -0.1) is 0 Å². The van der Waals surface area contributed by atoms with E-state index in [9.17, 15) is 4.39 Å². The molecule has 1 heterocycles. The summed E-state index contributed by atoms with van der Waals surface area (Å²) in [6.07, 6.45) is 1.57. The maximum absolute atomic E-state index is 13.0. The highest BCUT2D eigenvalue weighted by Gasteiger charge is 2.11. The van der Waals surface area contributed by atoms with Crippen LogP contribution in [0.1, 0.15) is 0 Å². The third-order valence-corrected chi connectivity index (χ3v) is 3.38. The highest BCUT2D eigenvalue weighted by Crippen LogP contribution is 2.35. The molecular weight excluding hydrogens is 365 g/mol. The highest BCUT2D eigenvalue weighted by atomic mass is 79.9. The predicted molar refractivity (Wildman–Crippen MR) is 76.6 cm³/mol. The lowest BCUT2D eigenvalue weighted by atomic mass is 10.3. The Bertz CT molecular complexity index is 584. The molecule has 94 valence electrons. The van der Waals surface area contributed by atoms with E-state index < -0.39 is 5.82 Å². The van der Waals surface area contributed by atoms with Crippen LogP contribution in [0.15, 0.2) is 28.9 Å². The number of benzene rings is 1. The van der Waals surface area contributed by atoms with Crippen molar-refractivity contribution in [3.63, 3.8) is 0 Å². The topological polar surface area (TPSA) is 24.9 Å². The molecule has 0 aliphatic rings. The molecule has 1 N–H and O–H groups in total. The fourth-order valence-corrected chi connectivity index (χ4v) is 2.52. The Morgan fingerprint density at radius 1 is 1.06 bits per heavy atom. The lowest BCUT2D eigenvalue weighted by Crippen LogP contribution is -1.96. The molecule has 0 spiro atoms. The maximum atomic E-state index is 13.0. The van der Waals surface area contributed by atoms with E-state index in [0.29, 0.717) is 16.5 Å². The molecule has 2 rings (SSSR count). The van der Waals surface area contributed by atoms with Crippen molar-refractivity contribution in [3.05, 3.63) is 49.8 Å². The Balaban J connectivity index is 2.40. The first-order valence-electron chi connectivity index (χ1n) is 4.70. The number of halogens is 5. The van der Waals surface area contributed by atoms with Crippen LogP contribution in [-0.4, -0.2) is 4.98 Å². The lowest BCUT2D eigenvalue weighted by Gasteiger charge is -2.11. The molecule has 0 bridgehead atoms. The second kappa shape index (κ2) is 5.61. The van der Waals surface area contributed by atoms with Gasteiger partial charge in [-0.05, 0) is 34.1 Å². The maximum Gasteiger partial charge on any atom is 0.149 e. The summed E-state index contributed by atoms with van der Waals surface area (Å²) in [7, 11) is 0. The van der Waals surface area contributed by atoms with E-state index in [1.54, 1.807) is 12.3 Å². The molecule has 0 radical (unpaired) electrons. The number of nitrogens with zero attached hydrogens (tertiary/aromatic N) is 1. The van der Waals surface area contributed by atoms with Crippen LogP contribution >= 0.6 is 50.7 Å². The largest absolute Gasteiger partial charge is 0.337 e. The minimum atomic E-state index is -0.509. The van der Waals surface area contributed by atoms with Crippen LogP contribution in [0.3, 0.4) is 0 Å². The van der Waals surface area contributed by atoms with Gasteiger partial charge in [0.25, 0.3) is 0 Å². The number of nitrogens with one attached hydrogen (secondary N) is 1. The van der Waals surface area contributed by atoms with Crippen LogP contribution in [0.2, 0.25) is 15.1 Å². The minimum Gasteiger partial charge on any atom is -0.337 e. The number of hydrogen-bond acceptors (Lipinski definition) is 2. The van der Waals surface area contributed by atoms with Gasteiger partial charge in [-0.2, -0.15) is 0 Å². The van der Waals surface area contributed by atoms with Gasteiger partial charge < -0.3 is 5.32 Å². The summed E-state index contributed by atoms with van der Waals surface area (Å²) in [5, 5.41) is 3.57. The van der Waals surface area contributed by atoms with E-state index in [-0.39, 0.29) is 10.0 Å². The first kappa shape index (κ1) is 13.9. The normalized spacial score (nSPS) is 10.5. The first-order valence-corrected chi connectivity index (χ1v) is 6.62. The summed E-state index contributed by atoms with van der Waals surface area (Å²) in [4.78, 5) is 4.08. The first-order chi connectivity index (χ1) is 8.47. The van der Waals surface area contributed by atoms with Gasteiger partial charge in [0.1, 0.15) is 11.6 Å². The number of aromatic nitrogens is 1. The van der Waals surface area contributed by atoms with Gasteiger partial charge in [-0.1, -0.05) is 34.8 Å². The zero-order chi connectivity index (χ0) is 13.3. The van der Waals surface area contributed by atoms with Crippen LogP contribution in [0.4, 0.5) is 15.9 Å². The minimum absolute atomic E-state index is 0.154. The van der Waals surface area contributed by atoms with Gasteiger partial charge in [-0.3, -0.25) is 0 Å². The van der Waals surface area contributed by atoms with Crippen LogP contribution < -0.4 is 5.32 Å². The molecule has 0 fully saturated rings. The zero-order valence-corrected chi connectivity index (χ0v) is 12.5. The standard InChI is InChI=1S/C11H5BrCl3FN2/c12-5-1-9(15)11(17-4-5)18-10-7(13)2-6(16)3-8(10)14/h1-4H,(H,17,18). The summed E-state index contributed by atoms with van der Waals surface area (Å²) in [5.74, 6) is -0.124. The van der Waals surface area contributed by atoms with E-state index in [4.69, 9.17) is 34.8 Å². The number of anilines is 2. The molecule has 0 saturated carbocycles. The van der Waals surface area contributed by atoms with Crippen molar-refractivity contribution in [3.8, 4) is 0 Å².